The fraction of sp³-hybridized carbons (Fsp3) is 0.857. The Morgan fingerprint density at radius 3 is 2.65 bits per heavy atom. The molecule has 114 valence electrons. The van der Waals surface area contributed by atoms with E-state index < -0.39 is 11.4 Å². The SMILES string of the molecule is CCC1(C(=O)O)CCN(C(=O)NC2CCCCC2N)C1. The number of rotatable bonds is 3. The molecule has 1 aliphatic carbocycles. The van der Waals surface area contributed by atoms with Crippen molar-refractivity contribution in [3.05, 3.63) is 0 Å². The van der Waals surface area contributed by atoms with Crippen molar-refractivity contribution in [2.45, 2.75) is 57.5 Å². The van der Waals surface area contributed by atoms with E-state index in [1.54, 1.807) is 4.90 Å². The van der Waals surface area contributed by atoms with Crippen LogP contribution in [0.3, 0.4) is 0 Å². The monoisotopic (exact) mass is 283 g/mol. The van der Waals surface area contributed by atoms with E-state index in [2.05, 4.69) is 5.32 Å². The van der Waals surface area contributed by atoms with E-state index in [0.29, 0.717) is 25.9 Å². The molecule has 1 saturated carbocycles. The second-order valence-electron chi connectivity index (χ2n) is 6.11. The summed E-state index contributed by atoms with van der Waals surface area (Å²) in [4.78, 5) is 25.3. The van der Waals surface area contributed by atoms with Crippen LogP contribution in [-0.4, -0.2) is 47.2 Å². The van der Waals surface area contributed by atoms with Crippen LogP contribution < -0.4 is 11.1 Å². The van der Waals surface area contributed by atoms with Crippen LogP contribution in [-0.2, 0) is 4.79 Å². The average Bonchev–Trinajstić information content (AvgIpc) is 2.87. The third-order valence-corrected chi connectivity index (χ3v) is 4.90. The molecule has 1 heterocycles. The molecule has 3 unspecified atom stereocenters. The zero-order valence-electron chi connectivity index (χ0n) is 12.1. The van der Waals surface area contributed by atoms with Gasteiger partial charge in [-0.2, -0.15) is 0 Å². The van der Waals surface area contributed by atoms with E-state index in [1.165, 1.54) is 0 Å². The molecule has 0 aromatic carbocycles. The highest BCUT2D eigenvalue weighted by atomic mass is 16.4. The molecule has 3 atom stereocenters. The number of likely N-dealkylation sites (tertiary alicyclic amines) is 1. The summed E-state index contributed by atoms with van der Waals surface area (Å²) in [6.45, 7) is 2.67. The Kier molecular flexibility index (Phi) is 4.52. The van der Waals surface area contributed by atoms with Crippen molar-refractivity contribution in [2.75, 3.05) is 13.1 Å². The molecular formula is C14H25N3O3. The van der Waals surface area contributed by atoms with Crippen molar-refractivity contribution in [1.82, 2.24) is 10.2 Å². The molecule has 0 aromatic heterocycles. The van der Waals surface area contributed by atoms with Crippen LogP contribution >= 0.6 is 0 Å². The molecule has 20 heavy (non-hydrogen) atoms. The molecule has 0 bridgehead atoms. The van der Waals surface area contributed by atoms with Gasteiger partial charge in [0.2, 0.25) is 0 Å². The summed E-state index contributed by atoms with van der Waals surface area (Å²) in [7, 11) is 0. The number of carboxylic acid groups (broad SMARTS) is 1. The predicted molar refractivity (Wildman–Crippen MR) is 75.3 cm³/mol. The van der Waals surface area contributed by atoms with Crippen molar-refractivity contribution < 1.29 is 14.7 Å². The lowest BCUT2D eigenvalue weighted by Crippen LogP contribution is -2.53. The number of hydrogen-bond acceptors (Lipinski definition) is 3. The van der Waals surface area contributed by atoms with Gasteiger partial charge in [-0.3, -0.25) is 4.79 Å². The van der Waals surface area contributed by atoms with Gasteiger partial charge in [-0.25, -0.2) is 4.79 Å². The third kappa shape index (κ3) is 2.90. The summed E-state index contributed by atoms with van der Waals surface area (Å²) in [6, 6.07) is -0.118. The van der Waals surface area contributed by atoms with Gasteiger partial charge in [0.25, 0.3) is 0 Å². The number of urea groups is 1. The number of amides is 2. The smallest absolute Gasteiger partial charge is 0.317 e. The van der Waals surface area contributed by atoms with E-state index in [0.717, 1.165) is 25.7 Å². The van der Waals surface area contributed by atoms with Crippen molar-refractivity contribution in [1.29, 1.82) is 0 Å². The maximum atomic E-state index is 12.3. The van der Waals surface area contributed by atoms with Crippen LogP contribution in [0.4, 0.5) is 4.79 Å². The maximum Gasteiger partial charge on any atom is 0.317 e. The first-order valence-electron chi connectivity index (χ1n) is 7.53. The standard InChI is InChI=1S/C14H25N3O3/c1-2-14(12(18)19)7-8-17(9-14)13(20)16-11-6-4-3-5-10(11)15/h10-11H,2-9,15H2,1H3,(H,16,20)(H,18,19). The number of carboxylic acids is 1. The zero-order valence-corrected chi connectivity index (χ0v) is 12.1. The highest BCUT2D eigenvalue weighted by Gasteiger charge is 2.45. The van der Waals surface area contributed by atoms with E-state index in [1.807, 2.05) is 6.92 Å². The van der Waals surface area contributed by atoms with Gasteiger partial charge in [0, 0.05) is 25.2 Å². The lowest BCUT2D eigenvalue weighted by Gasteiger charge is -2.31. The molecule has 0 radical (unpaired) electrons. The van der Waals surface area contributed by atoms with E-state index in [-0.39, 0.29) is 18.1 Å². The minimum atomic E-state index is -0.801. The second kappa shape index (κ2) is 5.99. The molecular weight excluding hydrogens is 258 g/mol. The summed E-state index contributed by atoms with van der Waals surface area (Å²) in [5.41, 5.74) is 5.25. The summed E-state index contributed by atoms with van der Waals surface area (Å²) in [5.74, 6) is -0.801. The molecule has 6 heteroatoms. The van der Waals surface area contributed by atoms with Crippen LogP contribution in [0.5, 0.6) is 0 Å². The largest absolute Gasteiger partial charge is 0.481 e. The van der Waals surface area contributed by atoms with Gasteiger partial charge in [-0.1, -0.05) is 19.8 Å². The normalized spacial score (nSPS) is 34.0. The Hall–Kier alpha value is -1.30. The number of carbonyl (C=O) groups is 2. The Morgan fingerprint density at radius 2 is 2.10 bits per heavy atom. The Bertz CT molecular complexity index is 388. The zero-order chi connectivity index (χ0) is 14.8. The molecule has 2 fully saturated rings. The summed E-state index contributed by atoms with van der Waals surface area (Å²) >= 11 is 0. The molecule has 1 aliphatic heterocycles. The molecule has 4 N–H and O–H groups in total. The van der Waals surface area contributed by atoms with Gasteiger partial charge in [0.15, 0.2) is 0 Å². The fourth-order valence-electron chi connectivity index (χ4n) is 3.25. The average molecular weight is 283 g/mol. The number of hydrogen-bond donors (Lipinski definition) is 3. The number of nitrogens with two attached hydrogens (primary N) is 1. The molecule has 1 saturated heterocycles. The van der Waals surface area contributed by atoms with Crippen molar-refractivity contribution in [3.8, 4) is 0 Å². The summed E-state index contributed by atoms with van der Waals surface area (Å²) in [5, 5.41) is 12.3. The number of carbonyl (C=O) groups excluding carboxylic acids is 1. The molecule has 0 spiro atoms. The quantitative estimate of drug-likeness (QED) is 0.724. The van der Waals surface area contributed by atoms with Gasteiger partial charge in [0.1, 0.15) is 0 Å². The Balaban J connectivity index is 1.92. The first-order valence-corrected chi connectivity index (χ1v) is 7.53. The molecule has 2 aliphatic rings. The van der Waals surface area contributed by atoms with Crippen LogP contribution in [0.15, 0.2) is 0 Å². The van der Waals surface area contributed by atoms with Crippen molar-refractivity contribution >= 4 is 12.0 Å². The van der Waals surface area contributed by atoms with Crippen molar-refractivity contribution in [2.24, 2.45) is 11.1 Å². The van der Waals surface area contributed by atoms with E-state index >= 15 is 0 Å². The van der Waals surface area contributed by atoms with Gasteiger partial charge in [0.05, 0.1) is 5.41 Å². The predicted octanol–water partition coefficient (Wildman–Crippen LogP) is 1.15. The summed E-state index contributed by atoms with van der Waals surface area (Å²) < 4.78 is 0. The van der Waals surface area contributed by atoms with Gasteiger partial charge in [-0.15, -0.1) is 0 Å². The van der Waals surface area contributed by atoms with Crippen LogP contribution in [0.2, 0.25) is 0 Å². The third-order valence-electron chi connectivity index (χ3n) is 4.90. The number of aliphatic carboxylic acids is 1. The van der Waals surface area contributed by atoms with Gasteiger partial charge < -0.3 is 21.1 Å². The Labute approximate surface area is 119 Å². The van der Waals surface area contributed by atoms with E-state index in [4.69, 9.17) is 5.73 Å². The second-order valence-corrected chi connectivity index (χ2v) is 6.11. The van der Waals surface area contributed by atoms with Crippen LogP contribution in [0.1, 0.15) is 45.4 Å². The Morgan fingerprint density at radius 1 is 1.40 bits per heavy atom. The minimum Gasteiger partial charge on any atom is -0.481 e. The van der Waals surface area contributed by atoms with Gasteiger partial charge >= 0.3 is 12.0 Å². The first kappa shape index (κ1) is 15.1. The van der Waals surface area contributed by atoms with E-state index in [9.17, 15) is 14.7 Å². The van der Waals surface area contributed by atoms with Crippen LogP contribution in [0, 0.1) is 5.41 Å². The maximum absolute atomic E-state index is 12.3. The lowest BCUT2D eigenvalue weighted by molar-refractivity contribution is -0.148. The molecule has 6 nitrogen and oxygen atoms in total. The minimum absolute atomic E-state index is 0.0192. The molecule has 0 aromatic rings. The molecule has 2 amide bonds. The van der Waals surface area contributed by atoms with Crippen molar-refractivity contribution in [3.63, 3.8) is 0 Å². The highest BCUT2D eigenvalue weighted by Crippen LogP contribution is 2.34. The first-order chi connectivity index (χ1) is 9.48. The van der Waals surface area contributed by atoms with Crippen LogP contribution in [0.25, 0.3) is 0 Å². The number of nitrogens with one attached hydrogen (secondary N) is 1. The molecule has 2 rings (SSSR count). The van der Waals surface area contributed by atoms with Gasteiger partial charge in [-0.05, 0) is 25.7 Å². The number of nitrogens with zero attached hydrogens (tertiary/aromatic N) is 1. The fourth-order valence-corrected chi connectivity index (χ4v) is 3.25. The topological polar surface area (TPSA) is 95.7 Å². The summed E-state index contributed by atoms with van der Waals surface area (Å²) in [6.07, 6.45) is 5.15. The lowest BCUT2D eigenvalue weighted by atomic mass is 9.84. The highest BCUT2D eigenvalue weighted by molar-refractivity contribution is 5.79.